The van der Waals surface area contributed by atoms with Gasteiger partial charge in [0.2, 0.25) is 0 Å². The van der Waals surface area contributed by atoms with E-state index in [-0.39, 0.29) is 22.7 Å². The molecular weight excluding hydrogens is 240 g/mol. The molecule has 19 heavy (non-hydrogen) atoms. The van der Waals surface area contributed by atoms with E-state index >= 15 is 0 Å². The number of hydrogen-bond acceptors (Lipinski definition) is 3. The molecule has 1 rings (SSSR count). The van der Waals surface area contributed by atoms with Crippen molar-refractivity contribution in [2.24, 2.45) is 0 Å². The molecule has 0 saturated carbocycles. The van der Waals surface area contributed by atoms with Gasteiger partial charge >= 0.3 is 0 Å². The fourth-order valence-corrected chi connectivity index (χ4v) is 1.34. The van der Waals surface area contributed by atoms with Crippen LogP contribution in [0.5, 0.6) is 11.5 Å². The van der Waals surface area contributed by atoms with Crippen molar-refractivity contribution in [3.05, 3.63) is 24.3 Å². The van der Waals surface area contributed by atoms with Gasteiger partial charge in [-0.3, -0.25) is 0 Å². The predicted octanol–water partition coefficient (Wildman–Crippen LogP) is 4.48. The Morgan fingerprint density at radius 1 is 0.789 bits per heavy atom. The molecule has 0 saturated heterocycles. The van der Waals surface area contributed by atoms with E-state index < -0.39 is 0 Å². The number of phenolic OH excluding ortho intramolecular Hbond substituents is 2. The summed E-state index contributed by atoms with van der Waals surface area (Å²) in [6, 6.07) is 5.70. The van der Waals surface area contributed by atoms with Crippen molar-refractivity contribution in [2.75, 3.05) is 0 Å². The summed E-state index contributed by atoms with van der Waals surface area (Å²) < 4.78 is 5.92. The van der Waals surface area contributed by atoms with Crippen molar-refractivity contribution < 1.29 is 14.9 Å². The van der Waals surface area contributed by atoms with E-state index in [1.54, 1.807) is 0 Å². The lowest BCUT2D eigenvalue weighted by atomic mass is 10.0. The molecule has 3 nitrogen and oxygen atoms in total. The molecule has 0 aliphatic rings. The molecule has 0 bridgehead atoms. The molecule has 0 heterocycles. The van der Waals surface area contributed by atoms with Crippen LogP contribution in [-0.2, 0) is 4.74 Å². The fourth-order valence-electron chi connectivity index (χ4n) is 1.34. The van der Waals surface area contributed by atoms with Gasteiger partial charge in [-0.2, -0.15) is 0 Å². The van der Waals surface area contributed by atoms with Crippen LogP contribution in [0.1, 0.15) is 54.4 Å². The van der Waals surface area contributed by atoms with Gasteiger partial charge in [0, 0.05) is 0 Å². The average Bonchev–Trinajstić information content (AvgIpc) is 2.33. The van der Waals surface area contributed by atoms with Gasteiger partial charge in [-0.1, -0.05) is 13.8 Å². The highest BCUT2D eigenvalue weighted by atomic mass is 16.5. The van der Waals surface area contributed by atoms with Crippen LogP contribution in [0, 0.1) is 0 Å². The van der Waals surface area contributed by atoms with E-state index in [9.17, 15) is 0 Å². The van der Waals surface area contributed by atoms with E-state index in [4.69, 9.17) is 14.9 Å². The van der Waals surface area contributed by atoms with Crippen LogP contribution in [0.4, 0.5) is 0 Å². The highest BCUT2D eigenvalue weighted by Crippen LogP contribution is 2.24. The molecule has 0 unspecified atom stereocenters. The molecule has 2 N–H and O–H groups in total. The number of ether oxygens (including phenoxy) is 1. The lowest BCUT2D eigenvalue weighted by Crippen LogP contribution is -2.35. The smallest absolute Gasteiger partial charge is 0.115 e. The second-order valence-corrected chi connectivity index (χ2v) is 5.84. The maximum Gasteiger partial charge on any atom is 0.115 e. The minimum atomic E-state index is 0.0273. The van der Waals surface area contributed by atoms with Crippen LogP contribution in [0.15, 0.2) is 24.3 Å². The summed E-state index contributed by atoms with van der Waals surface area (Å²) in [5.41, 5.74) is 0.0546. The summed E-state index contributed by atoms with van der Waals surface area (Å²) >= 11 is 0. The summed E-state index contributed by atoms with van der Waals surface area (Å²) in [4.78, 5) is 0. The lowest BCUT2D eigenvalue weighted by Gasteiger charge is -2.34. The minimum Gasteiger partial charge on any atom is -0.508 e. The Labute approximate surface area is 117 Å². The van der Waals surface area contributed by atoms with E-state index in [1.807, 2.05) is 0 Å². The summed E-state index contributed by atoms with van der Waals surface area (Å²) in [5.74, 6) is 0.339. The fraction of sp³-hybridized carbons (Fsp3) is 0.625. The van der Waals surface area contributed by atoms with Gasteiger partial charge in [0.25, 0.3) is 0 Å². The maximum absolute atomic E-state index is 8.65. The Bertz CT molecular complexity index is 318. The van der Waals surface area contributed by atoms with Crippen molar-refractivity contribution in [1.29, 1.82) is 0 Å². The Hall–Kier alpha value is -1.22. The van der Waals surface area contributed by atoms with Gasteiger partial charge in [0.15, 0.2) is 0 Å². The third-order valence-electron chi connectivity index (χ3n) is 3.11. The number of benzene rings is 1. The van der Waals surface area contributed by atoms with Crippen molar-refractivity contribution in [1.82, 2.24) is 0 Å². The monoisotopic (exact) mass is 268 g/mol. The van der Waals surface area contributed by atoms with Gasteiger partial charge < -0.3 is 14.9 Å². The van der Waals surface area contributed by atoms with Crippen molar-refractivity contribution in [2.45, 2.75) is 65.6 Å². The van der Waals surface area contributed by atoms with Crippen LogP contribution < -0.4 is 0 Å². The average molecular weight is 268 g/mol. The topological polar surface area (TPSA) is 49.7 Å². The van der Waals surface area contributed by atoms with Crippen LogP contribution in [0.2, 0.25) is 0 Å². The summed E-state index contributed by atoms with van der Waals surface area (Å²) in [6.45, 7) is 12.9. The molecule has 0 fully saturated rings. The Morgan fingerprint density at radius 2 is 1.05 bits per heavy atom. The number of aromatic hydroxyl groups is 2. The third-order valence-corrected chi connectivity index (χ3v) is 3.11. The quantitative estimate of drug-likeness (QED) is 0.792. The summed E-state index contributed by atoms with van der Waals surface area (Å²) in [6.07, 6.45) is 2.13. The Balaban J connectivity index is 0.000000356. The molecule has 0 amide bonds. The molecule has 110 valence electrons. The van der Waals surface area contributed by atoms with Crippen LogP contribution in [0.25, 0.3) is 0 Å². The van der Waals surface area contributed by atoms with Crippen LogP contribution in [-0.4, -0.2) is 21.4 Å². The van der Waals surface area contributed by atoms with E-state index in [0.29, 0.717) is 0 Å². The number of hydrogen-bond donors (Lipinski definition) is 2. The molecule has 1 aromatic carbocycles. The Kier molecular flexibility index (Phi) is 6.91. The van der Waals surface area contributed by atoms with Gasteiger partial charge in [0.05, 0.1) is 11.2 Å². The lowest BCUT2D eigenvalue weighted by molar-refractivity contribution is -0.124. The van der Waals surface area contributed by atoms with Crippen LogP contribution >= 0.6 is 0 Å². The first-order valence-corrected chi connectivity index (χ1v) is 6.80. The van der Waals surface area contributed by atoms with E-state index in [2.05, 4.69) is 41.5 Å². The SMILES string of the molecule is CCC(C)(C)OC(C)(C)CC.Oc1ccc(O)cc1. The standard InChI is InChI=1S/C10H22O.C6H6O2/c1-7-9(3,4)11-10(5,6)8-2;7-5-1-2-6(8)4-3-5/h7-8H2,1-6H3;1-4,7-8H. The molecule has 0 spiro atoms. The molecule has 0 radical (unpaired) electrons. The zero-order valence-electron chi connectivity index (χ0n) is 13.0. The normalized spacial score (nSPS) is 11.7. The van der Waals surface area contributed by atoms with Crippen LogP contribution in [0.3, 0.4) is 0 Å². The van der Waals surface area contributed by atoms with Crippen molar-refractivity contribution in [3.63, 3.8) is 0 Å². The first kappa shape index (κ1) is 17.8. The maximum atomic E-state index is 8.65. The summed E-state index contributed by atoms with van der Waals surface area (Å²) in [5, 5.41) is 17.3. The first-order valence-electron chi connectivity index (χ1n) is 6.80. The highest BCUT2D eigenvalue weighted by molar-refractivity contribution is 5.28. The Morgan fingerprint density at radius 3 is 1.26 bits per heavy atom. The van der Waals surface area contributed by atoms with Gasteiger partial charge in [-0.15, -0.1) is 0 Å². The highest BCUT2D eigenvalue weighted by Gasteiger charge is 2.25. The van der Waals surface area contributed by atoms with Crippen molar-refractivity contribution in [3.8, 4) is 11.5 Å². The summed E-state index contributed by atoms with van der Waals surface area (Å²) in [7, 11) is 0. The second-order valence-electron chi connectivity index (χ2n) is 5.84. The van der Waals surface area contributed by atoms with Gasteiger partial charge in [-0.05, 0) is 64.8 Å². The second kappa shape index (κ2) is 7.39. The zero-order valence-corrected chi connectivity index (χ0v) is 13.0. The minimum absolute atomic E-state index is 0.0273. The van der Waals surface area contributed by atoms with Gasteiger partial charge in [-0.25, -0.2) is 0 Å². The molecule has 0 atom stereocenters. The molecule has 3 heteroatoms. The molecule has 0 aromatic heterocycles. The first-order chi connectivity index (χ1) is 8.62. The van der Waals surface area contributed by atoms with Gasteiger partial charge in [0.1, 0.15) is 11.5 Å². The predicted molar refractivity (Wildman–Crippen MR) is 79.6 cm³/mol. The third kappa shape index (κ3) is 8.49. The molecular formula is C16H28O3. The van der Waals surface area contributed by atoms with E-state index in [1.165, 1.54) is 24.3 Å². The largest absolute Gasteiger partial charge is 0.508 e. The molecule has 0 aliphatic carbocycles. The molecule has 1 aromatic rings. The van der Waals surface area contributed by atoms with Crippen molar-refractivity contribution >= 4 is 0 Å². The number of phenols is 2. The number of rotatable bonds is 4. The molecule has 0 aliphatic heterocycles. The zero-order chi connectivity index (χ0) is 15.1. The van der Waals surface area contributed by atoms with E-state index in [0.717, 1.165) is 12.8 Å².